The molecule has 0 radical (unpaired) electrons. The lowest BCUT2D eigenvalue weighted by molar-refractivity contribution is 0.147. The fourth-order valence-electron chi connectivity index (χ4n) is 4.09. The lowest BCUT2D eigenvalue weighted by Gasteiger charge is -2.34. The van der Waals surface area contributed by atoms with Gasteiger partial charge in [0.1, 0.15) is 5.82 Å². The molecule has 0 aromatic carbocycles. The van der Waals surface area contributed by atoms with Gasteiger partial charge in [0.2, 0.25) is 0 Å². The molecular formula is C18H27N7O. The van der Waals surface area contributed by atoms with Crippen LogP contribution in [0.5, 0.6) is 0 Å². The molecule has 0 spiro atoms. The van der Waals surface area contributed by atoms with Crippen LogP contribution >= 0.6 is 0 Å². The third-order valence-electron chi connectivity index (χ3n) is 5.56. The zero-order valence-electron chi connectivity index (χ0n) is 15.4. The van der Waals surface area contributed by atoms with Crippen molar-refractivity contribution < 1.29 is 4.79 Å². The van der Waals surface area contributed by atoms with Gasteiger partial charge in [-0.2, -0.15) is 0 Å². The Kier molecular flexibility index (Phi) is 4.90. The topological polar surface area (TPSA) is 72.1 Å². The summed E-state index contributed by atoms with van der Waals surface area (Å²) in [5, 5.41) is 8.93. The second kappa shape index (κ2) is 7.47. The number of likely N-dealkylation sites (tertiary alicyclic amines) is 2. The first-order valence-electron chi connectivity index (χ1n) is 9.68. The summed E-state index contributed by atoms with van der Waals surface area (Å²) < 4.78 is 4.24. The second-order valence-corrected chi connectivity index (χ2v) is 7.19. The molecule has 0 aliphatic carbocycles. The summed E-state index contributed by atoms with van der Waals surface area (Å²) in [7, 11) is 0. The number of carbonyl (C=O) groups is 1. The standard InChI is InChI=1S/C18H27N7O/c1-2-25-16(13-22-12-7-19-14-22)20-21-17(25)15-5-10-24(11-6-15)18(26)23-8-3-4-9-23/h7,12,14-15H,2-6,8-11,13H2,1H3. The van der Waals surface area contributed by atoms with Crippen molar-refractivity contribution in [2.45, 2.75) is 51.6 Å². The van der Waals surface area contributed by atoms with Crippen molar-refractivity contribution in [3.63, 3.8) is 0 Å². The Bertz CT molecular complexity index is 725. The zero-order chi connectivity index (χ0) is 17.9. The number of carbonyl (C=O) groups excluding carboxylic acids is 1. The zero-order valence-corrected chi connectivity index (χ0v) is 15.4. The summed E-state index contributed by atoms with van der Waals surface area (Å²) in [5.41, 5.74) is 0. The number of amides is 2. The van der Waals surface area contributed by atoms with E-state index in [1.54, 1.807) is 12.5 Å². The van der Waals surface area contributed by atoms with Crippen molar-refractivity contribution in [1.29, 1.82) is 0 Å². The summed E-state index contributed by atoms with van der Waals surface area (Å²) >= 11 is 0. The molecule has 140 valence electrons. The maximum absolute atomic E-state index is 12.6. The minimum atomic E-state index is 0.221. The fourth-order valence-corrected chi connectivity index (χ4v) is 4.09. The van der Waals surface area contributed by atoms with Crippen LogP contribution in [-0.2, 0) is 13.1 Å². The van der Waals surface area contributed by atoms with E-state index in [4.69, 9.17) is 0 Å². The Labute approximate surface area is 153 Å². The van der Waals surface area contributed by atoms with Crippen LogP contribution in [-0.4, -0.2) is 66.3 Å². The van der Waals surface area contributed by atoms with Crippen LogP contribution < -0.4 is 0 Å². The molecule has 0 unspecified atom stereocenters. The number of hydrogen-bond donors (Lipinski definition) is 0. The molecule has 8 nitrogen and oxygen atoms in total. The van der Waals surface area contributed by atoms with Crippen molar-refractivity contribution in [1.82, 2.24) is 34.1 Å². The molecule has 0 saturated carbocycles. The third kappa shape index (κ3) is 3.32. The number of urea groups is 1. The lowest BCUT2D eigenvalue weighted by Crippen LogP contribution is -2.45. The van der Waals surface area contributed by atoms with Crippen LogP contribution in [0.25, 0.3) is 0 Å². The first-order valence-corrected chi connectivity index (χ1v) is 9.68. The van der Waals surface area contributed by atoms with Gasteiger partial charge >= 0.3 is 6.03 Å². The number of rotatable bonds is 4. The van der Waals surface area contributed by atoms with Crippen molar-refractivity contribution >= 4 is 6.03 Å². The summed E-state index contributed by atoms with van der Waals surface area (Å²) in [6.45, 7) is 7.14. The van der Waals surface area contributed by atoms with Gasteiger partial charge in [-0.15, -0.1) is 10.2 Å². The normalized spacial score (nSPS) is 18.7. The molecule has 2 aliphatic rings. The van der Waals surface area contributed by atoms with E-state index in [9.17, 15) is 4.79 Å². The average molecular weight is 357 g/mol. The molecule has 0 N–H and O–H groups in total. The first kappa shape index (κ1) is 17.1. The highest BCUT2D eigenvalue weighted by Crippen LogP contribution is 2.28. The quantitative estimate of drug-likeness (QED) is 0.838. The van der Waals surface area contributed by atoms with E-state index in [0.717, 1.165) is 70.1 Å². The Morgan fingerprint density at radius 1 is 1.12 bits per heavy atom. The predicted molar refractivity (Wildman–Crippen MR) is 96.8 cm³/mol. The van der Waals surface area contributed by atoms with Crippen molar-refractivity contribution in [2.75, 3.05) is 26.2 Å². The van der Waals surface area contributed by atoms with E-state index >= 15 is 0 Å². The molecule has 2 aliphatic heterocycles. The van der Waals surface area contributed by atoms with Crippen LogP contribution in [0, 0.1) is 0 Å². The SMILES string of the molecule is CCn1c(Cn2ccnc2)nnc1C1CCN(C(=O)N2CCCC2)CC1. The Balaban J connectivity index is 1.41. The van der Waals surface area contributed by atoms with Gasteiger partial charge < -0.3 is 18.9 Å². The number of imidazole rings is 1. The molecule has 0 atom stereocenters. The molecule has 0 bridgehead atoms. The summed E-state index contributed by atoms with van der Waals surface area (Å²) in [6.07, 6.45) is 9.73. The molecular weight excluding hydrogens is 330 g/mol. The highest BCUT2D eigenvalue weighted by Gasteiger charge is 2.30. The molecule has 2 amide bonds. The van der Waals surface area contributed by atoms with Gasteiger partial charge in [0.25, 0.3) is 0 Å². The lowest BCUT2D eigenvalue weighted by atomic mass is 9.96. The van der Waals surface area contributed by atoms with Crippen LogP contribution in [0.4, 0.5) is 4.79 Å². The Morgan fingerprint density at radius 3 is 2.50 bits per heavy atom. The minimum Gasteiger partial charge on any atom is -0.330 e. The van der Waals surface area contributed by atoms with E-state index in [1.165, 1.54) is 0 Å². The minimum absolute atomic E-state index is 0.221. The Morgan fingerprint density at radius 2 is 1.85 bits per heavy atom. The summed E-state index contributed by atoms with van der Waals surface area (Å²) in [6, 6.07) is 0.221. The van der Waals surface area contributed by atoms with Crippen LogP contribution in [0.3, 0.4) is 0 Å². The maximum Gasteiger partial charge on any atom is 0.319 e. The van der Waals surface area contributed by atoms with Gasteiger partial charge in [0.15, 0.2) is 5.82 Å². The van der Waals surface area contributed by atoms with E-state index in [2.05, 4.69) is 26.7 Å². The smallest absolute Gasteiger partial charge is 0.319 e. The van der Waals surface area contributed by atoms with Gasteiger partial charge in [0, 0.05) is 51.0 Å². The highest BCUT2D eigenvalue weighted by atomic mass is 16.2. The van der Waals surface area contributed by atoms with Crippen molar-refractivity contribution in [3.05, 3.63) is 30.4 Å². The number of hydrogen-bond acceptors (Lipinski definition) is 4. The van der Waals surface area contributed by atoms with Gasteiger partial charge in [-0.3, -0.25) is 0 Å². The number of piperidine rings is 1. The maximum atomic E-state index is 12.6. The van der Waals surface area contributed by atoms with Gasteiger partial charge in [-0.25, -0.2) is 9.78 Å². The number of aromatic nitrogens is 5. The molecule has 2 aromatic heterocycles. The monoisotopic (exact) mass is 357 g/mol. The molecule has 2 saturated heterocycles. The molecule has 4 heterocycles. The van der Waals surface area contributed by atoms with E-state index in [-0.39, 0.29) is 6.03 Å². The highest BCUT2D eigenvalue weighted by molar-refractivity contribution is 5.74. The second-order valence-electron chi connectivity index (χ2n) is 7.19. The average Bonchev–Trinajstić information content (AvgIpc) is 3.43. The van der Waals surface area contributed by atoms with Crippen LogP contribution in [0.15, 0.2) is 18.7 Å². The Hall–Kier alpha value is -2.38. The van der Waals surface area contributed by atoms with Crippen molar-refractivity contribution in [3.8, 4) is 0 Å². The van der Waals surface area contributed by atoms with Gasteiger partial charge in [-0.1, -0.05) is 0 Å². The van der Waals surface area contributed by atoms with Crippen LogP contribution in [0.1, 0.15) is 50.2 Å². The summed E-state index contributed by atoms with van der Waals surface area (Å²) in [5.74, 6) is 2.41. The van der Waals surface area contributed by atoms with Crippen LogP contribution in [0.2, 0.25) is 0 Å². The molecule has 2 fully saturated rings. The fraction of sp³-hybridized carbons (Fsp3) is 0.667. The molecule has 26 heavy (non-hydrogen) atoms. The number of nitrogens with zero attached hydrogens (tertiary/aromatic N) is 7. The third-order valence-corrected chi connectivity index (χ3v) is 5.56. The molecule has 2 aromatic rings. The van der Waals surface area contributed by atoms with E-state index < -0.39 is 0 Å². The first-order chi connectivity index (χ1) is 12.8. The predicted octanol–water partition coefficient (Wildman–Crippen LogP) is 1.94. The van der Waals surface area contributed by atoms with Gasteiger partial charge in [-0.05, 0) is 32.6 Å². The summed E-state index contributed by atoms with van der Waals surface area (Å²) in [4.78, 5) is 20.7. The largest absolute Gasteiger partial charge is 0.330 e. The van der Waals surface area contributed by atoms with Gasteiger partial charge in [0.05, 0.1) is 12.9 Å². The van der Waals surface area contributed by atoms with E-state index in [0.29, 0.717) is 12.5 Å². The molecule has 8 heteroatoms. The van der Waals surface area contributed by atoms with Crippen molar-refractivity contribution in [2.24, 2.45) is 0 Å². The molecule has 4 rings (SSSR count). The van der Waals surface area contributed by atoms with E-state index in [1.807, 2.05) is 20.6 Å².